The van der Waals surface area contributed by atoms with Crippen molar-refractivity contribution >= 4 is 5.69 Å². The number of benzene rings is 2. The van der Waals surface area contributed by atoms with Gasteiger partial charge in [0.15, 0.2) is 0 Å². The molecule has 2 heteroatoms. The van der Waals surface area contributed by atoms with E-state index in [1.54, 1.807) is 0 Å². The normalized spacial score (nSPS) is 11.8. The lowest BCUT2D eigenvalue weighted by atomic mass is 10.3. The van der Waals surface area contributed by atoms with Crippen molar-refractivity contribution in [1.82, 2.24) is 0 Å². The van der Waals surface area contributed by atoms with Crippen LogP contribution in [0.25, 0.3) is 0 Å². The first-order valence-corrected chi connectivity index (χ1v) is 5.85. The summed E-state index contributed by atoms with van der Waals surface area (Å²) >= 11 is 0. The van der Waals surface area contributed by atoms with E-state index in [4.69, 9.17) is 4.74 Å². The van der Waals surface area contributed by atoms with Crippen LogP contribution in [0, 0.1) is 0 Å². The van der Waals surface area contributed by atoms with Gasteiger partial charge in [-0.3, -0.25) is 0 Å². The van der Waals surface area contributed by atoms with Crippen LogP contribution in [0.15, 0.2) is 60.7 Å². The highest BCUT2D eigenvalue weighted by molar-refractivity contribution is 5.42. The minimum Gasteiger partial charge on any atom is -0.489 e. The fourth-order valence-corrected chi connectivity index (χ4v) is 1.59. The molecule has 2 aromatic rings. The monoisotopic (exact) mass is 227 g/mol. The van der Waals surface area contributed by atoms with Crippen LogP contribution in [0.3, 0.4) is 0 Å². The highest BCUT2D eigenvalue weighted by atomic mass is 16.5. The summed E-state index contributed by atoms with van der Waals surface area (Å²) in [7, 11) is 0. The van der Waals surface area contributed by atoms with Crippen LogP contribution in [0.2, 0.25) is 0 Å². The molecule has 0 aliphatic heterocycles. The summed E-state index contributed by atoms with van der Waals surface area (Å²) in [5, 5.41) is 3.34. The van der Waals surface area contributed by atoms with Crippen LogP contribution >= 0.6 is 0 Å². The Bertz CT molecular complexity index is 427. The summed E-state index contributed by atoms with van der Waals surface area (Å²) in [4.78, 5) is 0. The minimum atomic E-state index is 0.137. The van der Waals surface area contributed by atoms with E-state index in [0.717, 1.165) is 18.0 Å². The third kappa shape index (κ3) is 3.83. The van der Waals surface area contributed by atoms with Crippen LogP contribution in [0.1, 0.15) is 6.92 Å². The molecule has 2 nitrogen and oxygen atoms in total. The topological polar surface area (TPSA) is 21.3 Å². The molecule has 0 amide bonds. The summed E-state index contributed by atoms with van der Waals surface area (Å²) in [6.07, 6.45) is 0.137. The number of hydrogen-bond donors (Lipinski definition) is 1. The Morgan fingerprint density at radius 1 is 0.941 bits per heavy atom. The first-order valence-electron chi connectivity index (χ1n) is 5.85. The molecule has 0 spiro atoms. The molecule has 0 aromatic heterocycles. The molecule has 0 radical (unpaired) electrons. The summed E-state index contributed by atoms with van der Waals surface area (Å²) in [6.45, 7) is 2.85. The number of anilines is 1. The molecule has 0 fully saturated rings. The van der Waals surface area contributed by atoms with Crippen LogP contribution in [-0.4, -0.2) is 12.6 Å². The summed E-state index contributed by atoms with van der Waals surface area (Å²) in [5.41, 5.74) is 1.12. The van der Waals surface area contributed by atoms with Gasteiger partial charge in [-0.1, -0.05) is 36.4 Å². The Labute approximate surface area is 102 Å². The van der Waals surface area contributed by atoms with Gasteiger partial charge < -0.3 is 10.1 Å². The van der Waals surface area contributed by atoms with Crippen LogP contribution in [0.5, 0.6) is 5.75 Å². The van der Waals surface area contributed by atoms with E-state index >= 15 is 0 Å². The van der Waals surface area contributed by atoms with E-state index < -0.39 is 0 Å². The molecular weight excluding hydrogens is 210 g/mol. The van der Waals surface area contributed by atoms with E-state index in [-0.39, 0.29) is 6.10 Å². The zero-order chi connectivity index (χ0) is 11.9. The lowest BCUT2D eigenvalue weighted by Gasteiger charge is -2.16. The standard InChI is InChI=1S/C15H17NO/c1-13(17-15-10-6-3-7-11-15)12-16-14-8-4-2-5-9-14/h2-11,13,16H,12H2,1H3. The summed E-state index contributed by atoms with van der Waals surface area (Å²) in [5.74, 6) is 0.912. The van der Waals surface area contributed by atoms with E-state index in [0.29, 0.717) is 0 Å². The SMILES string of the molecule is CC(CNc1ccccc1)Oc1ccccc1. The predicted molar refractivity (Wildman–Crippen MR) is 71.5 cm³/mol. The Kier molecular flexibility index (Phi) is 4.03. The van der Waals surface area contributed by atoms with E-state index in [1.807, 2.05) is 48.5 Å². The Morgan fingerprint density at radius 3 is 2.18 bits per heavy atom. The van der Waals surface area contributed by atoms with Crippen molar-refractivity contribution < 1.29 is 4.74 Å². The van der Waals surface area contributed by atoms with Crippen LogP contribution in [-0.2, 0) is 0 Å². The molecule has 2 rings (SSSR count). The van der Waals surface area contributed by atoms with Crippen molar-refractivity contribution in [2.45, 2.75) is 13.0 Å². The van der Waals surface area contributed by atoms with E-state index in [2.05, 4.69) is 24.4 Å². The van der Waals surface area contributed by atoms with Gasteiger partial charge in [0.2, 0.25) is 0 Å². The molecule has 0 bridgehead atoms. The zero-order valence-corrected chi connectivity index (χ0v) is 9.97. The first-order chi connectivity index (χ1) is 8.34. The lowest BCUT2D eigenvalue weighted by Crippen LogP contribution is -2.22. The molecule has 1 atom stereocenters. The maximum absolute atomic E-state index is 5.77. The van der Waals surface area contributed by atoms with E-state index in [9.17, 15) is 0 Å². The second kappa shape index (κ2) is 5.94. The quantitative estimate of drug-likeness (QED) is 0.843. The number of rotatable bonds is 5. The maximum atomic E-state index is 5.77. The molecule has 0 aliphatic rings. The van der Waals surface area contributed by atoms with Crippen molar-refractivity contribution in [2.75, 3.05) is 11.9 Å². The van der Waals surface area contributed by atoms with Crippen LogP contribution in [0.4, 0.5) is 5.69 Å². The number of ether oxygens (including phenoxy) is 1. The van der Waals surface area contributed by atoms with Gasteiger partial charge in [0, 0.05) is 5.69 Å². The van der Waals surface area contributed by atoms with Gasteiger partial charge in [0.1, 0.15) is 11.9 Å². The van der Waals surface area contributed by atoms with Gasteiger partial charge in [0.05, 0.1) is 6.54 Å². The van der Waals surface area contributed by atoms with Gasteiger partial charge in [-0.2, -0.15) is 0 Å². The van der Waals surface area contributed by atoms with Crippen molar-refractivity contribution in [3.05, 3.63) is 60.7 Å². The average Bonchev–Trinajstić information content (AvgIpc) is 2.39. The Morgan fingerprint density at radius 2 is 1.53 bits per heavy atom. The second-order valence-electron chi connectivity index (χ2n) is 3.99. The number of nitrogens with one attached hydrogen (secondary N) is 1. The molecule has 0 saturated heterocycles. The van der Waals surface area contributed by atoms with Gasteiger partial charge in [-0.05, 0) is 31.2 Å². The van der Waals surface area contributed by atoms with Crippen molar-refractivity contribution in [3.8, 4) is 5.75 Å². The molecule has 0 aliphatic carbocycles. The summed E-state index contributed by atoms with van der Waals surface area (Å²) in [6, 6.07) is 20.0. The van der Waals surface area contributed by atoms with Crippen molar-refractivity contribution in [1.29, 1.82) is 0 Å². The van der Waals surface area contributed by atoms with Gasteiger partial charge >= 0.3 is 0 Å². The first kappa shape index (κ1) is 11.5. The highest BCUT2D eigenvalue weighted by Crippen LogP contribution is 2.11. The van der Waals surface area contributed by atoms with Gasteiger partial charge in [-0.25, -0.2) is 0 Å². The predicted octanol–water partition coefficient (Wildman–Crippen LogP) is 3.57. The molecule has 1 unspecified atom stereocenters. The second-order valence-corrected chi connectivity index (χ2v) is 3.99. The molecular formula is C15H17NO. The molecule has 1 N–H and O–H groups in total. The maximum Gasteiger partial charge on any atom is 0.119 e. The molecule has 0 heterocycles. The largest absolute Gasteiger partial charge is 0.489 e. The van der Waals surface area contributed by atoms with E-state index in [1.165, 1.54) is 0 Å². The summed E-state index contributed by atoms with van der Waals surface area (Å²) < 4.78 is 5.77. The Balaban J connectivity index is 1.80. The third-order valence-corrected chi connectivity index (χ3v) is 2.45. The smallest absolute Gasteiger partial charge is 0.119 e. The third-order valence-electron chi connectivity index (χ3n) is 2.45. The van der Waals surface area contributed by atoms with Crippen LogP contribution < -0.4 is 10.1 Å². The lowest BCUT2D eigenvalue weighted by molar-refractivity contribution is 0.235. The molecule has 17 heavy (non-hydrogen) atoms. The number of para-hydroxylation sites is 2. The Hall–Kier alpha value is -1.96. The van der Waals surface area contributed by atoms with Gasteiger partial charge in [0.25, 0.3) is 0 Å². The number of hydrogen-bond acceptors (Lipinski definition) is 2. The fourth-order valence-electron chi connectivity index (χ4n) is 1.59. The van der Waals surface area contributed by atoms with Gasteiger partial charge in [-0.15, -0.1) is 0 Å². The fraction of sp³-hybridized carbons (Fsp3) is 0.200. The van der Waals surface area contributed by atoms with Crippen molar-refractivity contribution in [3.63, 3.8) is 0 Å². The average molecular weight is 227 g/mol. The van der Waals surface area contributed by atoms with Crippen molar-refractivity contribution in [2.24, 2.45) is 0 Å². The molecule has 2 aromatic carbocycles. The zero-order valence-electron chi connectivity index (χ0n) is 9.97. The highest BCUT2D eigenvalue weighted by Gasteiger charge is 2.02. The molecule has 88 valence electrons. The minimum absolute atomic E-state index is 0.137. The molecule has 0 saturated carbocycles.